The van der Waals surface area contributed by atoms with Crippen LogP contribution in [0.1, 0.15) is 26.3 Å². The maximum atomic E-state index is 2.37. The van der Waals surface area contributed by atoms with Crippen LogP contribution in [0.5, 0.6) is 0 Å². The molecule has 88 valence electrons. The van der Waals surface area contributed by atoms with Gasteiger partial charge in [-0.1, -0.05) is 39.0 Å². The van der Waals surface area contributed by atoms with Crippen LogP contribution in [0.3, 0.4) is 0 Å². The molecule has 0 aliphatic carbocycles. The molecule has 1 heterocycles. The van der Waals surface area contributed by atoms with Crippen LogP contribution in [-0.2, 0) is 5.41 Å². The van der Waals surface area contributed by atoms with Gasteiger partial charge in [-0.3, -0.25) is 0 Å². The molecule has 1 fully saturated rings. The summed E-state index contributed by atoms with van der Waals surface area (Å²) in [6.45, 7) is 9.32. The molecule has 0 atom stereocenters. The van der Waals surface area contributed by atoms with Crippen LogP contribution in [0.25, 0.3) is 0 Å². The maximum Gasteiger partial charge on any atom is 0.0349 e. The predicted molar refractivity (Wildman–Crippen MR) is 72.3 cm³/mol. The Kier molecular flexibility index (Phi) is 3.32. The number of rotatable bonds is 2. The average molecular weight is 235 g/mol. The number of benzene rings is 1. The van der Waals surface area contributed by atoms with Crippen molar-refractivity contribution in [2.45, 2.75) is 36.3 Å². The van der Waals surface area contributed by atoms with Gasteiger partial charge < -0.3 is 4.90 Å². The Hall–Kier alpha value is -0.470. The van der Waals surface area contributed by atoms with Crippen molar-refractivity contribution in [3.63, 3.8) is 0 Å². The molecule has 1 aliphatic heterocycles. The molecule has 0 aromatic heterocycles. The molecular formula is C14H21NS. The molecular weight excluding hydrogens is 214 g/mol. The zero-order chi connectivity index (χ0) is 11.8. The van der Waals surface area contributed by atoms with Gasteiger partial charge in [0.2, 0.25) is 0 Å². The highest BCUT2D eigenvalue weighted by Crippen LogP contribution is 2.36. The Morgan fingerprint density at radius 3 is 2.38 bits per heavy atom. The molecule has 1 aliphatic rings. The van der Waals surface area contributed by atoms with Crippen molar-refractivity contribution in [1.29, 1.82) is 0 Å². The molecule has 2 rings (SSSR count). The van der Waals surface area contributed by atoms with E-state index in [1.807, 2.05) is 11.8 Å². The van der Waals surface area contributed by atoms with E-state index >= 15 is 0 Å². The van der Waals surface area contributed by atoms with Gasteiger partial charge in [0.05, 0.1) is 0 Å². The Bertz CT molecular complexity index is 361. The molecule has 16 heavy (non-hydrogen) atoms. The number of thioether (sulfide) groups is 1. The molecule has 1 aromatic rings. The highest BCUT2D eigenvalue weighted by Gasteiger charge is 2.26. The van der Waals surface area contributed by atoms with Crippen molar-refractivity contribution in [3.8, 4) is 0 Å². The highest BCUT2D eigenvalue weighted by molar-refractivity contribution is 8.00. The Morgan fingerprint density at radius 2 is 1.81 bits per heavy atom. The SMILES string of the molecule is CN1CC(Sc2ccccc2C(C)(C)C)C1. The van der Waals surface area contributed by atoms with Gasteiger partial charge in [0.15, 0.2) is 0 Å². The Morgan fingerprint density at radius 1 is 1.19 bits per heavy atom. The third-order valence-corrected chi connectivity index (χ3v) is 4.26. The quantitative estimate of drug-likeness (QED) is 0.773. The van der Waals surface area contributed by atoms with E-state index < -0.39 is 0 Å². The molecule has 2 heteroatoms. The number of hydrogen-bond acceptors (Lipinski definition) is 2. The fourth-order valence-corrected chi connectivity index (χ4v) is 3.76. The maximum absolute atomic E-state index is 2.37. The second-order valence-corrected chi connectivity index (χ2v) is 7.05. The van der Waals surface area contributed by atoms with E-state index in [1.165, 1.54) is 23.5 Å². The van der Waals surface area contributed by atoms with Gasteiger partial charge in [0, 0.05) is 23.2 Å². The second-order valence-electron chi connectivity index (χ2n) is 5.71. The van der Waals surface area contributed by atoms with Crippen LogP contribution < -0.4 is 0 Å². The lowest BCUT2D eigenvalue weighted by atomic mass is 9.87. The fourth-order valence-electron chi connectivity index (χ4n) is 2.08. The molecule has 0 amide bonds. The Balaban J connectivity index is 2.14. The number of nitrogens with zero attached hydrogens (tertiary/aromatic N) is 1. The van der Waals surface area contributed by atoms with Crippen molar-refractivity contribution >= 4 is 11.8 Å². The van der Waals surface area contributed by atoms with Gasteiger partial charge in [0.25, 0.3) is 0 Å². The van der Waals surface area contributed by atoms with Crippen molar-refractivity contribution in [3.05, 3.63) is 29.8 Å². The minimum absolute atomic E-state index is 0.249. The topological polar surface area (TPSA) is 3.24 Å². The van der Waals surface area contributed by atoms with Crippen molar-refractivity contribution in [1.82, 2.24) is 4.90 Å². The molecule has 0 bridgehead atoms. The second kappa shape index (κ2) is 4.42. The Labute approximate surface area is 103 Å². The standard InChI is InChI=1S/C14H21NS/c1-14(2,3)12-7-5-6-8-13(12)16-11-9-15(4)10-11/h5-8,11H,9-10H2,1-4H3. The predicted octanol–water partition coefficient (Wildman–Crippen LogP) is 3.39. The molecule has 1 nitrogen and oxygen atoms in total. The molecule has 1 saturated heterocycles. The largest absolute Gasteiger partial charge is 0.304 e. The summed E-state index contributed by atoms with van der Waals surface area (Å²) in [7, 11) is 2.19. The summed E-state index contributed by atoms with van der Waals surface area (Å²) >= 11 is 2.05. The first-order valence-electron chi connectivity index (χ1n) is 5.91. The average Bonchev–Trinajstić information content (AvgIpc) is 2.14. The van der Waals surface area contributed by atoms with Gasteiger partial charge >= 0.3 is 0 Å². The van der Waals surface area contributed by atoms with Crippen LogP contribution in [0.15, 0.2) is 29.2 Å². The first-order chi connectivity index (χ1) is 7.47. The van der Waals surface area contributed by atoms with Crippen LogP contribution in [0.4, 0.5) is 0 Å². The van der Waals surface area contributed by atoms with Crippen LogP contribution in [-0.4, -0.2) is 30.3 Å². The van der Waals surface area contributed by atoms with E-state index in [-0.39, 0.29) is 5.41 Å². The molecule has 0 unspecified atom stereocenters. The summed E-state index contributed by atoms with van der Waals surface area (Å²) in [6.07, 6.45) is 0. The van der Waals surface area contributed by atoms with Gasteiger partial charge in [-0.2, -0.15) is 0 Å². The molecule has 0 N–H and O–H groups in total. The molecule has 0 radical (unpaired) electrons. The fraction of sp³-hybridized carbons (Fsp3) is 0.571. The third kappa shape index (κ3) is 2.61. The van der Waals surface area contributed by atoms with Crippen LogP contribution in [0.2, 0.25) is 0 Å². The summed E-state index contributed by atoms with van der Waals surface area (Å²) in [6, 6.07) is 8.84. The van der Waals surface area contributed by atoms with E-state index in [0.29, 0.717) is 0 Å². The monoisotopic (exact) mass is 235 g/mol. The highest BCUT2D eigenvalue weighted by atomic mass is 32.2. The number of likely N-dealkylation sites (tertiary alicyclic amines) is 1. The summed E-state index contributed by atoms with van der Waals surface area (Å²) in [5, 5.41) is 0.786. The smallest absolute Gasteiger partial charge is 0.0349 e. The first-order valence-corrected chi connectivity index (χ1v) is 6.79. The zero-order valence-electron chi connectivity index (χ0n) is 10.7. The minimum Gasteiger partial charge on any atom is -0.304 e. The molecule has 0 saturated carbocycles. The third-order valence-electron chi connectivity index (χ3n) is 3.02. The van der Waals surface area contributed by atoms with Crippen molar-refractivity contribution in [2.24, 2.45) is 0 Å². The van der Waals surface area contributed by atoms with Gasteiger partial charge in [-0.15, -0.1) is 11.8 Å². The van der Waals surface area contributed by atoms with Gasteiger partial charge in [0.1, 0.15) is 0 Å². The molecule has 1 aromatic carbocycles. The molecule has 0 spiro atoms. The van der Waals surface area contributed by atoms with Crippen LogP contribution >= 0.6 is 11.8 Å². The van der Waals surface area contributed by atoms with E-state index in [4.69, 9.17) is 0 Å². The van der Waals surface area contributed by atoms with E-state index in [1.54, 1.807) is 0 Å². The lowest BCUT2D eigenvalue weighted by molar-refractivity contribution is 0.239. The summed E-state index contributed by atoms with van der Waals surface area (Å²) in [4.78, 5) is 3.84. The van der Waals surface area contributed by atoms with Gasteiger partial charge in [-0.25, -0.2) is 0 Å². The van der Waals surface area contributed by atoms with Gasteiger partial charge in [-0.05, 0) is 24.1 Å². The van der Waals surface area contributed by atoms with E-state index in [2.05, 4.69) is 57.0 Å². The normalized spacial score (nSPS) is 18.5. The summed E-state index contributed by atoms with van der Waals surface area (Å²) < 4.78 is 0. The lowest BCUT2D eigenvalue weighted by Crippen LogP contribution is -2.46. The lowest BCUT2D eigenvalue weighted by Gasteiger charge is -2.36. The van der Waals surface area contributed by atoms with Crippen molar-refractivity contribution in [2.75, 3.05) is 20.1 Å². The van der Waals surface area contributed by atoms with Crippen LogP contribution in [0, 0.1) is 0 Å². The number of hydrogen-bond donors (Lipinski definition) is 0. The van der Waals surface area contributed by atoms with E-state index in [0.717, 1.165) is 5.25 Å². The van der Waals surface area contributed by atoms with E-state index in [9.17, 15) is 0 Å². The summed E-state index contributed by atoms with van der Waals surface area (Å²) in [5.41, 5.74) is 1.73. The minimum atomic E-state index is 0.249. The first kappa shape index (κ1) is 12.0. The zero-order valence-corrected chi connectivity index (χ0v) is 11.5. The summed E-state index contributed by atoms with van der Waals surface area (Å²) in [5.74, 6) is 0. The van der Waals surface area contributed by atoms with Crippen molar-refractivity contribution < 1.29 is 0 Å².